The number of oxime groups is 1. The van der Waals surface area contributed by atoms with Crippen LogP contribution in [0.15, 0.2) is 53.7 Å². The first kappa shape index (κ1) is 22.9. The number of alkyl halides is 3. The second-order valence-electron chi connectivity index (χ2n) is 8.10. The molecule has 2 aromatic rings. The Bertz CT molecular complexity index is 1040. The average molecular weight is 487 g/mol. The summed E-state index contributed by atoms with van der Waals surface area (Å²) >= 11 is 11.9. The van der Waals surface area contributed by atoms with Crippen LogP contribution in [-0.4, -0.2) is 30.1 Å². The number of ether oxygens (including phenoxy) is 1. The highest BCUT2D eigenvalue weighted by Crippen LogP contribution is 2.50. The first-order valence-electron chi connectivity index (χ1n) is 9.81. The van der Waals surface area contributed by atoms with Crippen LogP contribution in [0.4, 0.5) is 13.2 Å². The van der Waals surface area contributed by atoms with Crippen molar-refractivity contribution in [1.82, 2.24) is 5.32 Å². The Morgan fingerprint density at radius 1 is 1.16 bits per heavy atom. The van der Waals surface area contributed by atoms with Crippen LogP contribution in [0.5, 0.6) is 0 Å². The number of amides is 1. The van der Waals surface area contributed by atoms with Gasteiger partial charge in [0.25, 0.3) is 11.5 Å². The van der Waals surface area contributed by atoms with Crippen LogP contribution in [0.1, 0.15) is 35.7 Å². The molecule has 2 aliphatic rings. The van der Waals surface area contributed by atoms with Crippen molar-refractivity contribution in [3.8, 4) is 0 Å². The van der Waals surface area contributed by atoms with Gasteiger partial charge in [-0.05, 0) is 37.3 Å². The molecular weight excluding hydrogens is 468 g/mol. The molecule has 3 unspecified atom stereocenters. The molecule has 2 heterocycles. The standard InChI is InChI=1S/C22H19Cl2F3N2O3/c1-20(28-19(30)13-5-3-2-4-6-13)10-14(12-31-20)18-11-21(32-29-18,22(25,26)27)15-7-16(23)9-17(24)8-15/h2-9,14H,10-12H2,1H3,(H,28,30). The summed E-state index contributed by atoms with van der Waals surface area (Å²) < 4.78 is 48.3. The van der Waals surface area contributed by atoms with Gasteiger partial charge in [-0.15, -0.1) is 0 Å². The highest BCUT2D eigenvalue weighted by atomic mass is 35.5. The molecule has 1 amide bonds. The molecule has 0 aromatic heterocycles. The molecule has 10 heteroatoms. The van der Waals surface area contributed by atoms with E-state index in [-0.39, 0.29) is 40.3 Å². The maximum absolute atomic E-state index is 14.2. The van der Waals surface area contributed by atoms with Gasteiger partial charge in [-0.25, -0.2) is 0 Å². The Kier molecular flexibility index (Phi) is 5.90. The van der Waals surface area contributed by atoms with E-state index in [2.05, 4.69) is 10.5 Å². The molecular formula is C22H19Cl2F3N2O3. The Balaban J connectivity index is 1.51. The van der Waals surface area contributed by atoms with E-state index in [0.29, 0.717) is 5.56 Å². The van der Waals surface area contributed by atoms with Crippen molar-refractivity contribution in [1.29, 1.82) is 0 Å². The van der Waals surface area contributed by atoms with Gasteiger partial charge in [-0.2, -0.15) is 13.2 Å². The van der Waals surface area contributed by atoms with Gasteiger partial charge in [0.05, 0.1) is 12.3 Å². The van der Waals surface area contributed by atoms with Gasteiger partial charge in [0.2, 0.25) is 0 Å². The molecule has 1 N–H and O–H groups in total. The predicted octanol–water partition coefficient (Wildman–Crippen LogP) is 5.71. The lowest BCUT2D eigenvalue weighted by atomic mass is 9.84. The number of hydrogen-bond donors (Lipinski definition) is 1. The van der Waals surface area contributed by atoms with E-state index in [0.717, 1.165) is 0 Å². The summed E-state index contributed by atoms with van der Waals surface area (Å²) in [6.45, 7) is 1.77. The fourth-order valence-corrected chi connectivity index (χ4v) is 4.53. The Morgan fingerprint density at radius 3 is 2.44 bits per heavy atom. The average Bonchev–Trinajstić information content (AvgIpc) is 3.33. The van der Waals surface area contributed by atoms with Gasteiger partial charge in [-0.3, -0.25) is 4.79 Å². The minimum atomic E-state index is -4.77. The van der Waals surface area contributed by atoms with E-state index in [1.165, 1.54) is 18.2 Å². The van der Waals surface area contributed by atoms with E-state index in [9.17, 15) is 18.0 Å². The van der Waals surface area contributed by atoms with E-state index in [1.807, 2.05) is 0 Å². The number of nitrogens with zero attached hydrogens (tertiary/aromatic N) is 1. The van der Waals surface area contributed by atoms with Crippen LogP contribution in [-0.2, 0) is 15.2 Å². The van der Waals surface area contributed by atoms with Crippen LogP contribution in [0.2, 0.25) is 10.0 Å². The minimum Gasteiger partial charge on any atom is -0.374 e. The van der Waals surface area contributed by atoms with E-state index in [1.54, 1.807) is 37.3 Å². The molecule has 3 atom stereocenters. The molecule has 170 valence electrons. The van der Waals surface area contributed by atoms with E-state index in [4.69, 9.17) is 32.8 Å². The van der Waals surface area contributed by atoms with Crippen LogP contribution >= 0.6 is 23.2 Å². The molecule has 0 saturated carbocycles. The van der Waals surface area contributed by atoms with Crippen molar-refractivity contribution in [2.75, 3.05) is 6.61 Å². The highest BCUT2D eigenvalue weighted by molar-refractivity contribution is 6.34. The van der Waals surface area contributed by atoms with Crippen molar-refractivity contribution < 1.29 is 27.5 Å². The second-order valence-corrected chi connectivity index (χ2v) is 8.97. The first-order chi connectivity index (χ1) is 15.0. The summed E-state index contributed by atoms with van der Waals surface area (Å²) in [4.78, 5) is 17.5. The van der Waals surface area contributed by atoms with Gasteiger partial charge in [0.1, 0.15) is 5.72 Å². The zero-order chi connectivity index (χ0) is 23.1. The first-order valence-corrected chi connectivity index (χ1v) is 10.6. The zero-order valence-corrected chi connectivity index (χ0v) is 18.4. The van der Waals surface area contributed by atoms with Gasteiger partial charge < -0.3 is 14.9 Å². The van der Waals surface area contributed by atoms with Gasteiger partial charge in [0.15, 0.2) is 0 Å². The normalized spacial score (nSPS) is 27.7. The molecule has 0 aliphatic carbocycles. The molecule has 2 aromatic carbocycles. The largest absolute Gasteiger partial charge is 0.435 e. The summed E-state index contributed by atoms with van der Waals surface area (Å²) in [5.41, 5.74) is -3.31. The quantitative estimate of drug-likeness (QED) is 0.601. The number of carbonyl (C=O) groups is 1. The van der Waals surface area contributed by atoms with Crippen molar-refractivity contribution in [2.24, 2.45) is 11.1 Å². The van der Waals surface area contributed by atoms with Crippen molar-refractivity contribution in [3.63, 3.8) is 0 Å². The third-order valence-electron chi connectivity index (χ3n) is 5.66. The van der Waals surface area contributed by atoms with Gasteiger partial charge in [-0.1, -0.05) is 46.6 Å². The SMILES string of the molecule is CC1(NC(=O)c2ccccc2)CC(C2=NOC(c3cc(Cl)cc(Cl)c3)(C(F)(F)F)C2)CO1. The molecule has 2 aliphatic heterocycles. The molecule has 5 nitrogen and oxygen atoms in total. The topological polar surface area (TPSA) is 59.9 Å². The molecule has 0 radical (unpaired) electrons. The summed E-state index contributed by atoms with van der Waals surface area (Å²) in [7, 11) is 0. The molecule has 0 spiro atoms. The number of halogens is 5. The minimum absolute atomic E-state index is 0.0635. The third-order valence-corrected chi connectivity index (χ3v) is 6.10. The molecule has 1 saturated heterocycles. The monoisotopic (exact) mass is 486 g/mol. The maximum atomic E-state index is 14.2. The number of rotatable bonds is 4. The summed E-state index contributed by atoms with van der Waals surface area (Å²) in [6, 6.07) is 12.3. The number of hydrogen-bond acceptors (Lipinski definition) is 4. The van der Waals surface area contributed by atoms with Crippen molar-refractivity contribution in [2.45, 2.75) is 37.3 Å². The zero-order valence-electron chi connectivity index (χ0n) is 16.9. The number of carbonyl (C=O) groups excluding carboxylic acids is 1. The fraction of sp³-hybridized carbons (Fsp3) is 0.364. The van der Waals surface area contributed by atoms with Crippen LogP contribution in [0.3, 0.4) is 0 Å². The Labute approximate surface area is 192 Å². The predicted molar refractivity (Wildman–Crippen MR) is 114 cm³/mol. The third kappa shape index (κ3) is 4.31. The lowest BCUT2D eigenvalue weighted by Crippen LogP contribution is -2.46. The highest BCUT2D eigenvalue weighted by Gasteiger charge is 2.63. The molecule has 0 bridgehead atoms. The molecule has 4 rings (SSSR count). The molecule has 1 fully saturated rings. The second kappa shape index (κ2) is 8.24. The summed E-state index contributed by atoms with van der Waals surface area (Å²) in [5, 5.41) is 6.73. The van der Waals surface area contributed by atoms with E-state index < -0.39 is 29.8 Å². The van der Waals surface area contributed by atoms with Crippen LogP contribution in [0.25, 0.3) is 0 Å². The lowest BCUT2D eigenvalue weighted by Gasteiger charge is -2.30. The van der Waals surface area contributed by atoms with E-state index >= 15 is 0 Å². The summed E-state index contributed by atoms with van der Waals surface area (Å²) in [6.07, 6.45) is -5.04. The smallest absolute Gasteiger partial charge is 0.374 e. The number of benzene rings is 2. The van der Waals surface area contributed by atoms with Crippen molar-refractivity contribution >= 4 is 34.8 Å². The van der Waals surface area contributed by atoms with Crippen LogP contribution in [0, 0.1) is 5.92 Å². The Morgan fingerprint density at radius 2 is 1.81 bits per heavy atom. The van der Waals surface area contributed by atoms with Gasteiger partial charge >= 0.3 is 6.18 Å². The summed E-state index contributed by atoms with van der Waals surface area (Å²) in [5.74, 6) is -0.800. The van der Waals surface area contributed by atoms with Gasteiger partial charge in [0, 0.05) is 39.9 Å². The van der Waals surface area contributed by atoms with Crippen molar-refractivity contribution in [3.05, 3.63) is 69.7 Å². The van der Waals surface area contributed by atoms with Crippen LogP contribution < -0.4 is 5.32 Å². The molecule has 32 heavy (non-hydrogen) atoms. The number of nitrogens with one attached hydrogen (secondary N) is 1. The Hall–Kier alpha value is -2.29. The fourth-order valence-electron chi connectivity index (χ4n) is 4.01. The lowest BCUT2D eigenvalue weighted by molar-refractivity contribution is -0.275. The maximum Gasteiger partial charge on any atom is 0.435 e.